The molecule has 3 heterocycles. The van der Waals surface area contributed by atoms with Crippen molar-refractivity contribution in [3.05, 3.63) is 179 Å². The molecule has 0 unspecified atom stereocenters. The molecular weight excluding hydrogens is 741 g/mol. The number of fused-ring (bicyclic) bond motifs is 6. The molecule has 0 saturated carbocycles. The number of carbonyl (C=O) groups excluding carboxylic acids is 3. The third-order valence-corrected chi connectivity index (χ3v) is 11.6. The quantitative estimate of drug-likeness (QED) is 0.108. The van der Waals surface area contributed by atoms with Gasteiger partial charge in [-0.2, -0.15) is 0 Å². The molecule has 58 heavy (non-hydrogen) atoms. The monoisotopic (exact) mass is 784 g/mol. The fraction of sp³-hybridized carbons (Fsp3) is 0.163. The van der Waals surface area contributed by atoms with E-state index in [1.165, 1.54) is 18.9 Å². The van der Waals surface area contributed by atoms with Gasteiger partial charge >= 0.3 is 5.97 Å². The number of nitrogens with zero attached hydrogens (tertiary/aromatic N) is 3. The minimum Gasteiger partial charge on any atom is -0.468 e. The summed E-state index contributed by atoms with van der Waals surface area (Å²) in [6.07, 6.45) is 7.06. The van der Waals surface area contributed by atoms with Crippen LogP contribution in [0.4, 0.5) is 34.1 Å². The predicted molar refractivity (Wildman–Crippen MR) is 236 cm³/mol. The first-order chi connectivity index (χ1) is 28.2. The number of ether oxygens (including phenoxy) is 1. The Bertz CT molecular complexity index is 2290. The highest BCUT2D eigenvalue weighted by atomic mass is 32.2. The average molecular weight is 785 g/mol. The van der Waals surface area contributed by atoms with Crippen molar-refractivity contribution in [2.75, 3.05) is 49.2 Å². The number of hydrogen-bond donors (Lipinski definition) is 1. The molecule has 3 aliphatic heterocycles. The summed E-state index contributed by atoms with van der Waals surface area (Å²) in [5.74, 6) is -1.24. The van der Waals surface area contributed by atoms with Crippen molar-refractivity contribution in [2.45, 2.75) is 17.8 Å². The van der Waals surface area contributed by atoms with Crippen molar-refractivity contribution in [3.8, 4) is 12.5 Å². The van der Waals surface area contributed by atoms with Crippen LogP contribution in [0.2, 0.25) is 0 Å². The summed E-state index contributed by atoms with van der Waals surface area (Å²) in [5, 5.41) is 2.68. The van der Waals surface area contributed by atoms with Crippen LogP contribution < -0.4 is 20.0 Å². The molecule has 1 amide bonds. The zero-order chi connectivity index (χ0) is 40.9. The largest absolute Gasteiger partial charge is 0.468 e. The molecule has 6 aromatic carbocycles. The molecule has 6 aromatic rings. The van der Waals surface area contributed by atoms with Gasteiger partial charge < -0.3 is 19.4 Å². The highest BCUT2D eigenvalue weighted by Crippen LogP contribution is 2.47. The van der Waals surface area contributed by atoms with E-state index >= 15 is 0 Å². The molecule has 9 rings (SSSR count). The molecule has 8 nitrogen and oxygen atoms in total. The van der Waals surface area contributed by atoms with Crippen LogP contribution in [-0.2, 0) is 19.1 Å². The Morgan fingerprint density at radius 1 is 0.517 bits per heavy atom. The number of amides is 1. The van der Waals surface area contributed by atoms with Crippen molar-refractivity contribution < 1.29 is 19.1 Å². The molecule has 0 aliphatic carbocycles. The smallest absolute Gasteiger partial charge is 0.317 e. The van der Waals surface area contributed by atoms with Crippen LogP contribution in [-0.4, -0.2) is 51.5 Å². The third-order valence-electron chi connectivity index (χ3n) is 11.0. The highest BCUT2D eigenvalue weighted by molar-refractivity contribution is 8.13. The van der Waals surface area contributed by atoms with Gasteiger partial charge in [-0.1, -0.05) is 127 Å². The van der Waals surface area contributed by atoms with E-state index in [1.54, 1.807) is 0 Å². The molecule has 0 atom stereocenters. The summed E-state index contributed by atoms with van der Waals surface area (Å²) in [5.41, 5.74) is 12.5. The van der Waals surface area contributed by atoms with E-state index in [4.69, 9.17) is 11.2 Å². The minimum absolute atomic E-state index is 0.154. The van der Waals surface area contributed by atoms with Crippen molar-refractivity contribution >= 4 is 62.9 Å². The van der Waals surface area contributed by atoms with Crippen molar-refractivity contribution in [1.82, 2.24) is 5.32 Å². The van der Waals surface area contributed by atoms with E-state index < -0.39 is 0 Å². The number of anilines is 6. The van der Waals surface area contributed by atoms with Gasteiger partial charge in [0.2, 0.25) is 11.0 Å². The Morgan fingerprint density at radius 2 is 0.793 bits per heavy atom. The first-order valence-corrected chi connectivity index (χ1v) is 20.1. The van der Waals surface area contributed by atoms with Crippen LogP contribution in [0.1, 0.15) is 51.1 Å². The van der Waals surface area contributed by atoms with Gasteiger partial charge in [0.15, 0.2) is 0 Å². The summed E-state index contributed by atoms with van der Waals surface area (Å²) in [6, 6.07) is 50.2. The molecule has 3 aliphatic rings. The standard InChI is InChI=1S/C17H14N2O.C16H15NO2.C16H15NOS/c1-3-18-17(20)16-12-8-4-6-10-14(12)19(2)15-11-7-5-9-13(15)16;2*1-17-13-9-5-3-7-11(13)15(16(18)19-2)12-8-4-6-10-14(12)17/h1,4-11,16H,2H3,(H,18,20);2*3-10,15H,1-2H3. The third kappa shape index (κ3) is 7.19. The molecule has 0 aromatic heterocycles. The Hall–Kier alpha value is -6.76. The number of thioether (sulfide) groups is 1. The molecule has 0 radical (unpaired) electrons. The van der Waals surface area contributed by atoms with Gasteiger partial charge in [-0.15, -0.1) is 0 Å². The Balaban J connectivity index is 0.000000132. The number of hydrogen-bond acceptors (Lipinski definition) is 8. The second-order valence-electron chi connectivity index (χ2n) is 14.0. The molecule has 1 N–H and O–H groups in total. The van der Waals surface area contributed by atoms with Crippen molar-refractivity contribution in [3.63, 3.8) is 0 Å². The molecule has 290 valence electrons. The van der Waals surface area contributed by atoms with Crippen LogP contribution in [0.25, 0.3) is 0 Å². The van der Waals surface area contributed by atoms with Crippen molar-refractivity contribution in [1.29, 1.82) is 0 Å². The van der Waals surface area contributed by atoms with E-state index in [9.17, 15) is 14.4 Å². The van der Waals surface area contributed by atoms with Gasteiger partial charge in [0.1, 0.15) is 5.92 Å². The maximum atomic E-state index is 12.4. The maximum Gasteiger partial charge on any atom is 0.317 e. The van der Waals surface area contributed by atoms with Crippen LogP contribution >= 0.6 is 11.8 Å². The lowest BCUT2D eigenvalue weighted by molar-refractivity contribution is -0.141. The van der Waals surface area contributed by atoms with E-state index in [0.717, 1.165) is 67.5 Å². The molecule has 0 fully saturated rings. The minimum atomic E-state index is -0.366. The Labute approximate surface area is 344 Å². The summed E-state index contributed by atoms with van der Waals surface area (Å²) in [6.45, 7) is 0. The number of terminal acetylenes is 1. The molecule has 0 bridgehead atoms. The van der Waals surface area contributed by atoms with Gasteiger partial charge in [-0.05, 0) is 76.0 Å². The number of methoxy groups -OCH3 is 1. The average Bonchev–Trinajstić information content (AvgIpc) is 3.27. The summed E-state index contributed by atoms with van der Waals surface area (Å²) in [7, 11) is 7.52. The first kappa shape index (κ1) is 39.5. The molecule has 0 spiro atoms. The highest BCUT2D eigenvalue weighted by Gasteiger charge is 2.35. The SMILES string of the molecule is C#CNC(=O)C1c2ccccc2N(C)c2ccccc21.COC(=O)C1c2ccccc2N(C)c2ccccc21.CSC(=O)C1c2ccccc2N(C)c2ccccc21. The summed E-state index contributed by atoms with van der Waals surface area (Å²) >= 11 is 1.30. The second-order valence-corrected chi connectivity index (χ2v) is 14.8. The summed E-state index contributed by atoms with van der Waals surface area (Å²) < 4.78 is 4.98. The van der Waals surface area contributed by atoms with Crippen molar-refractivity contribution in [2.24, 2.45) is 0 Å². The fourth-order valence-electron chi connectivity index (χ4n) is 8.28. The number of rotatable bonds is 3. The summed E-state index contributed by atoms with van der Waals surface area (Å²) in [4.78, 5) is 43.2. The van der Waals surface area contributed by atoms with Crippen LogP contribution in [0, 0.1) is 12.5 Å². The lowest BCUT2D eigenvalue weighted by Crippen LogP contribution is -2.31. The van der Waals surface area contributed by atoms with E-state index in [-0.39, 0.29) is 34.7 Å². The second kappa shape index (κ2) is 17.2. The van der Waals surface area contributed by atoms with Gasteiger partial charge in [-0.3, -0.25) is 19.7 Å². The fourth-order valence-corrected chi connectivity index (χ4v) is 8.77. The number of para-hydroxylation sites is 6. The Morgan fingerprint density at radius 3 is 1.07 bits per heavy atom. The number of esters is 1. The predicted octanol–water partition coefficient (Wildman–Crippen LogP) is 9.47. The van der Waals surface area contributed by atoms with Gasteiger partial charge in [0, 0.05) is 61.3 Å². The zero-order valence-electron chi connectivity index (χ0n) is 33.0. The van der Waals surface area contributed by atoms with E-state index in [1.807, 2.05) is 142 Å². The maximum absolute atomic E-state index is 12.4. The van der Waals surface area contributed by atoms with Crippen LogP contribution in [0.15, 0.2) is 146 Å². The van der Waals surface area contributed by atoms with E-state index in [2.05, 4.69) is 57.4 Å². The van der Waals surface area contributed by atoms with Gasteiger partial charge in [0.25, 0.3) is 0 Å². The number of benzene rings is 6. The molecule has 0 saturated heterocycles. The van der Waals surface area contributed by atoms with Gasteiger partial charge in [-0.25, -0.2) is 0 Å². The van der Waals surface area contributed by atoms with Gasteiger partial charge in [0.05, 0.1) is 18.9 Å². The number of carbonyl (C=O) groups is 3. The first-order valence-electron chi connectivity index (χ1n) is 18.9. The Kier molecular flexibility index (Phi) is 11.7. The zero-order valence-corrected chi connectivity index (χ0v) is 33.9. The topological polar surface area (TPSA) is 82.2 Å². The number of nitrogens with one attached hydrogen (secondary N) is 1. The molecule has 9 heteroatoms. The molecular formula is C49H44N4O4S. The van der Waals surface area contributed by atoms with E-state index in [0.29, 0.717) is 0 Å². The van der Waals surface area contributed by atoms with Crippen LogP contribution in [0.3, 0.4) is 0 Å². The normalized spacial score (nSPS) is 13.6. The lowest BCUT2D eigenvalue weighted by atomic mass is 9.84. The lowest BCUT2D eigenvalue weighted by Gasteiger charge is -2.34. The van der Waals surface area contributed by atoms with Crippen LogP contribution in [0.5, 0.6) is 0 Å².